The molecular formula is C14H21N3O. The summed E-state index contributed by atoms with van der Waals surface area (Å²) in [5.41, 5.74) is 2.89. The van der Waals surface area contributed by atoms with E-state index >= 15 is 0 Å². The van der Waals surface area contributed by atoms with Gasteiger partial charge in [0.05, 0.1) is 11.0 Å². The lowest BCUT2D eigenvalue weighted by atomic mass is 9.82. The van der Waals surface area contributed by atoms with E-state index in [0.29, 0.717) is 0 Å². The molecule has 98 valence electrons. The highest BCUT2D eigenvalue weighted by Gasteiger charge is 2.25. The van der Waals surface area contributed by atoms with E-state index in [1.165, 1.54) is 5.56 Å². The minimum absolute atomic E-state index is 0.125. The Bertz CT molecular complexity index is 589. The molecule has 4 nitrogen and oxygen atoms in total. The molecule has 0 amide bonds. The summed E-state index contributed by atoms with van der Waals surface area (Å²) in [6, 6.07) is 6.35. The first-order valence-electron chi connectivity index (χ1n) is 6.37. The highest BCUT2D eigenvalue weighted by atomic mass is 16.1. The van der Waals surface area contributed by atoms with Crippen LogP contribution in [0.5, 0.6) is 0 Å². The van der Waals surface area contributed by atoms with Crippen LogP contribution in [-0.4, -0.2) is 16.5 Å². The van der Waals surface area contributed by atoms with Gasteiger partial charge in [0.15, 0.2) is 0 Å². The summed E-state index contributed by atoms with van der Waals surface area (Å²) < 4.78 is 0. The Morgan fingerprint density at radius 1 is 1.22 bits per heavy atom. The van der Waals surface area contributed by atoms with Gasteiger partial charge in [-0.15, -0.1) is 0 Å². The van der Waals surface area contributed by atoms with Crippen molar-refractivity contribution in [2.24, 2.45) is 5.41 Å². The van der Waals surface area contributed by atoms with Gasteiger partial charge in [0, 0.05) is 6.04 Å². The lowest BCUT2D eigenvalue weighted by Crippen LogP contribution is -2.32. The maximum absolute atomic E-state index is 11.3. The summed E-state index contributed by atoms with van der Waals surface area (Å²) in [6.45, 7) is 9.66. The van der Waals surface area contributed by atoms with E-state index in [-0.39, 0.29) is 17.1 Å². The minimum atomic E-state index is -0.155. The summed E-state index contributed by atoms with van der Waals surface area (Å²) >= 11 is 0. The molecule has 0 aliphatic heterocycles. The van der Waals surface area contributed by atoms with Crippen molar-refractivity contribution in [3.8, 4) is 0 Å². The Labute approximate surface area is 107 Å². The van der Waals surface area contributed by atoms with E-state index in [0.717, 1.165) is 17.6 Å². The Balaban J connectivity index is 2.47. The lowest BCUT2D eigenvalue weighted by Gasteiger charge is -2.31. The van der Waals surface area contributed by atoms with E-state index < -0.39 is 0 Å². The van der Waals surface area contributed by atoms with E-state index in [2.05, 4.69) is 49.0 Å². The zero-order chi connectivity index (χ0) is 13.3. The molecule has 0 bridgehead atoms. The summed E-state index contributed by atoms with van der Waals surface area (Å²) in [5, 5.41) is 3.51. The molecule has 0 saturated carbocycles. The van der Waals surface area contributed by atoms with Crippen LogP contribution in [0, 0.1) is 5.41 Å². The number of fused-ring (bicyclic) bond motifs is 1. The Kier molecular flexibility index (Phi) is 3.30. The first-order valence-corrected chi connectivity index (χ1v) is 6.37. The first kappa shape index (κ1) is 12.9. The van der Waals surface area contributed by atoms with Gasteiger partial charge in [-0.3, -0.25) is 0 Å². The van der Waals surface area contributed by atoms with Crippen LogP contribution in [-0.2, 0) is 0 Å². The van der Waals surface area contributed by atoms with Crippen LogP contribution < -0.4 is 11.0 Å². The van der Waals surface area contributed by atoms with Crippen molar-refractivity contribution in [3.63, 3.8) is 0 Å². The van der Waals surface area contributed by atoms with Crippen molar-refractivity contribution in [3.05, 3.63) is 34.2 Å². The zero-order valence-corrected chi connectivity index (χ0v) is 11.4. The van der Waals surface area contributed by atoms with Gasteiger partial charge < -0.3 is 15.3 Å². The van der Waals surface area contributed by atoms with Gasteiger partial charge >= 0.3 is 5.69 Å². The quantitative estimate of drug-likeness (QED) is 0.780. The third-order valence-corrected chi connectivity index (χ3v) is 3.15. The second-order valence-electron chi connectivity index (χ2n) is 5.74. The molecule has 4 heteroatoms. The molecule has 0 radical (unpaired) electrons. The average molecular weight is 247 g/mol. The van der Waals surface area contributed by atoms with E-state index in [1.54, 1.807) is 0 Å². The maximum Gasteiger partial charge on any atom is 0.323 e. The number of hydrogen-bond donors (Lipinski definition) is 3. The van der Waals surface area contributed by atoms with Crippen molar-refractivity contribution in [2.45, 2.75) is 33.7 Å². The monoisotopic (exact) mass is 247 g/mol. The van der Waals surface area contributed by atoms with Gasteiger partial charge in [-0.05, 0) is 29.7 Å². The summed E-state index contributed by atoms with van der Waals surface area (Å²) in [4.78, 5) is 16.8. The molecule has 3 N–H and O–H groups in total. The number of nitrogens with one attached hydrogen (secondary N) is 3. The average Bonchev–Trinajstić information content (AvgIpc) is 2.63. The number of hydrogen-bond acceptors (Lipinski definition) is 2. The van der Waals surface area contributed by atoms with Crippen molar-refractivity contribution >= 4 is 11.0 Å². The molecule has 0 saturated heterocycles. The fourth-order valence-electron chi connectivity index (χ4n) is 2.36. The topological polar surface area (TPSA) is 60.7 Å². The SMILES string of the molecule is CCNC(c1ccc2[nH]c(=O)[nH]c2c1)C(C)(C)C. The molecule has 1 atom stereocenters. The molecular weight excluding hydrogens is 226 g/mol. The smallest absolute Gasteiger partial charge is 0.310 e. The predicted octanol–water partition coefficient (Wildman–Crippen LogP) is 2.55. The van der Waals surface area contributed by atoms with E-state index in [1.807, 2.05) is 12.1 Å². The fraction of sp³-hybridized carbons (Fsp3) is 0.500. The van der Waals surface area contributed by atoms with Gasteiger partial charge in [-0.1, -0.05) is 33.8 Å². The number of benzene rings is 1. The first-order chi connectivity index (χ1) is 8.41. The Morgan fingerprint density at radius 3 is 2.50 bits per heavy atom. The van der Waals surface area contributed by atoms with Crippen molar-refractivity contribution < 1.29 is 0 Å². The second kappa shape index (κ2) is 4.61. The highest BCUT2D eigenvalue weighted by Crippen LogP contribution is 2.33. The van der Waals surface area contributed by atoms with E-state index in [4.69, 9.17) is 0 Å². The molecule has 18 heavy (non-hydrogen) atoms. The molecule has 2 aromatic rings. The normalized spacial score (nSPS) is 14.0. The zero-order valence-electron chi connectivity index (χ0n) is 11.4. The third-order valence-electron chi connectivity index (χ3n) is 3.15. The maximum atomic E-state index is 11.3. The van der Waals surface area contributed by atoms with Crippen molar-refractivity contribution in [1.82, 2.24) is 15.3 Å². The highest BCUT2D eigenvalue weighted by molar-refractivity contribution is 5.75. The van der Waals surface area contributed by atoms with Crippen LogP contribution in [0.15, 0.2) is 23.0 Å². The summed E-state index contributed by atoms with van der Waals surface area (Å²) in [7, 11) is 0. The molecule has 0 spiro atoms. The van der Waals surface area contributed by atoms with Crippen molar-refractivity contribution in [2.75, 3.05) is 6.54 Å². The van der Waals surface area contributed by atoms with E-state index in [9.17, 15) is 4.79 Å². The van der Waals surface area contributed by atoms with Crippen LogP contribution in [0.4, 0.5) is 0 Å². The number of aromatic nitrogens is 2. The summed E-state index contributed by atoms with van der Waals surface area (Å²) in [5.74, 6) is 0. The van der Waals surface area contributed by atoms with Gasteiger partial charge in [0.25, 0.3) is 0 Å². The van der Waals surface area contributed by atoms with Gasteiger partial charge in [-0.2, -0.15) is 0 Å². The third kappa shape index (κ3) is 2.48. The van der Waals surface area contributed by atoms with Gasteiger partial charge in [-0.25, -0.2) is 4.79 Å². The van der Waals surface area contributed by atoms with Crippen LogP contribution in [0.3, 0.4) is 0 Å². The lowest BCUT2D eigenvalue weighted by molar-refractivity contribution is 0.277. The number of imidazole rings is 1. The molecule has 2 rings (SSSR count). The van der Waals surface area contributed by atoms with Crippen LogP contribution >= 0.6 is 0 Å². The largest absolute Gasteiger partial charge is 0.323 e. The molecule has 0 aliphatic rings. The Morgan fingerprint density at radius 2 is 1.89 bits per heavy atom. The predicted molar refractivity (Wildman–Crippen MR) is 74.8 cm³/mol. The van der Waals surface area contributed by atoms with Crippen LogP contribution in [0.2, 0.25) is 0 Å². The molecule has 1 aromatic heterocycles. The standard InChI is InChI=1S/C14H21N3O/c1-5-15-12(14(2,3)4)9-6-7-10-11(8-9)17-13(18)16-10/h6-8,12,15H,5H2,1-4H3,(H2,16,17,18). The van der Waals surface area contributed by atoms with Crippen molar-refractivity contribution in [1.29, 1.82) is 0 Å². The van der Waals surface area contributed by atoms with Gasteiger partial charge in [0.1, 0.15) is 0 Å². The number of H-pyrrole nitrogens is 2. The molecule has 1 unspecified atom stereocenters. The van der Waals surface area contributed by atoms with Crippen LogP contribution in [0.1, 0.15) is 39.3 Å². The molecule has 0 fully saturated rings. The number of rotatable bonds is 3. The molecule has 1 heterocycles. The van der Waals surface area contributed by atoms with Crippen LogP contribution in [0.25, 0.3) is 11.0 Å². The second-order valence-corrected chi connectivity index (χ2v) is 5.74. The minimum Gasteiger partial charge on any atom is -0.310 e. The molecule has 1 aromatic carbocycles. The van der Waals surface area contributed by atoms with Gasteiger partial charge in [0.2, 0.25) is 0 Å². The Hall–Kier alpha value is -1.55. The summed E-state index contributed by atoms with van der Waals surface area (Å²) in [6.07, 6.45) is 0. The number of aromatic amines is 2. The fourth-order valence-corrected chi connectivity index (χ4v) is 2.36. The molecule has 0 aliphatic carbocycles.